The number of aliphatic hydroxyl groups is 1. The number of likely N-dealkylation sites (N-methyl/N-ethyl adjacent to an activating group) is 1. The predicted octanol–water partition coefficient (Wildman–Crippen LogP) is -0.345. The van der Waals surface area contributed by atoms with E-state index in [0.717, 1.165) is 38.9 Å². The van der Waals surface area contributed by atoms with E-state index in [1.54, 1.807) is 0 Å². The van der Waals surface area contributed by atoms with Gasteiger partial charge < -0.3 is 15.3 Å². The smallest absolute Gasteiger partial charge is 0.236 e. The Balaban J connectivity index is 1.75. The van der Waals surface area contributed by atoms with Gasteiger partial charge in [-0.15, -0.1) is 0 Å². The largest absolute Gasteiger partial charge is 0.387 e. The molecule has 2 N–H and O–H groups in total. The average Bonchev–Trinajstić information content (AvgIpc) is 2.76. The number of carbonyl (C=O) groups is 1. The molecule has 0 aromatic heterocycles. The zero-order valence-electron chi connectivity index (χ0n) is 11.3. The molecule has 0 bridgehead atoms. The topological polar surface area (TPSA) is 55.8 Å². The normalized spacial score (nSPS) is 28.9. The van der Waals surface area contributed by atoms with Gasteiger partial charge >= 0.3 is 0 Å². The lowest BCUT2D eigenvalue weighted by Crippen LogP contribution is -2.47. The first-order chi connectivity index (χ1) is 8.59. The molecule has 0 saturated carbocycles. The van der Waals surface area contributed by atoms with Crippen LogP contribution in [0.2, 0.25) is 0 Å². The molecule has 0 aromatic rings. The Hall–Kier alpha value is -0.650. The van der Waals surface area contributed by atoms with Crippen LogP contribution in [-0.4, -0.2) is 72.7 Å². The van der Waals surface area contributed by atoms with Crippen LogP contribution in [-0.2, 0) is 4.79 Å². The minimum absolute atomic E-state index is 0.201. The standard InChI is InChI=1S/C13H25N3O2/c1-15(11-13(18)5-6-14-10-13)9-12(17)16-7-3-2-4-8-16/h14,18H,2-11H2,1H3. The average molecular weight is 255 g/mol. The van der Waals surface area contributed by atoms with Crippen LogP contribution in [0, 0.1) is 0 Å². The van der Waals surface area contributed by atoms with Gasteiger partial charge in [0.1, 0.15) is 0 Å². The fourth-order valence-electron chi connectivity index (χ4n) is 2.90. The van der Waals surface area contributed by atoms with Gasteiger partial charge in [0.2, 0.25) is 5.91 Å². The van der Waals surface area contributed by atoms with Crippen LogP contribution in [0.25, 0.3) is 0 Å². The van der Waals surface area contributed by atoms with Crippen molar-refractivity contribution >= 4 is 5.91 Å². The van der Waals surface area contributed by atoms with Gasteiger partial charge in [0, 0.05) is 26.2 Å². The lowest BCUT2D eigenvalue weighted by Gasteiger charge is -2.31. The first kappa shape index (κ1) is 13.8. The number of carbonyl (C=O) groups excluding carboxylic acids is 1. The van der Waals surface area contributed by atoms with Gasteiger partial charge in [-0.05, 0) is 39.3 Å². The molecule has 5 heteroatoms. The Morgan fingerprint density at radius 1 is 1.39 bits per heavy atom. The van der Waals surface area contributed by atoms with Gasteiger partial charge in [-0.25, -0.2) is 0 Å². The van der Waals surface area contributed by atoms with Crippen molar-refractivity contribution in [2.45, 2.75) is 31.3 Å². The Morgan fingerprint density at radius 2 is 2.11 bits per heavy atom. The second kappa shape index (κ2) is 5.99. The van der Waals surface area contributed by atoms with Crippen molar-refractivity contribution in [3.05, 3.63) is 0 Å². The lowest BCUT2D eigenvalue weighted by atomic mass is 10.0. The van der Waals surface area contributed by atoms with E-state index in [1.807, 2.05) is 16.8 Å². The van der Waals surface area contributed by atoms with E-state index in [1.165, 1.54) is 6.42 Å². The van der Waals surface area contributed by atoms with E-state index in [9.17, 15) is 9.90 Å². The summed E-state index contributed by atoms with van der Waals surface area (Å²) in [5.74, 6) is 0.201. The summed E-state index contributed by atoms with van der Waals surface area (Å²) in [6.45, 7) is 4.29. The zero-order chi connectivity index (χ0) is 13.0. The number of rotatable bonds is 4. The SMILES string of the molecule is CN(CC(=O)N1CCCCC1)CC1(O)CCNC1. The van der Waals surface area contributed by atoms with Crippen LogP contribution >= 0.6 is 0 Å². The summed E-state index contributed by atoms with van der Waals surface area (Å²) in [4.78, 5) is 16.0. The number of piperidine rings is 1. The van der Waals surface area contributed by atoms with Crippen molar-refractivity contribution in [1.29, 1.82) is 0 Å². The maximum Gasteiger partial charge on any atom is 0.236 e. The molecule has 1 amide bonds. The maximum atomic E-state index is 12.1. The van der Waals surface area contributed by atoms with Gasteiger partial charge in [0.15, 0.2) is 0 Å². The van der Waals surface area contributed by atoms with Crippen LogP contribution in [0.3, 0.4) is 0 Å². The summed E-state index contributed by atoms with van der Waals surface area (Å²) >= 11 is 0. The van der Waals surface area contributed by atoms with Crippen molar-refractivity contribution in [2.24, 2.45) is 0 Å². The third kappa shape index (κ3) is 3.67. The second-order valence-corrected chi connectivity index (χ2v) is 5.76. The van der Waals surface area contributed by atoms with Crippen LogP contribution in [0.15, 0.2) is 0 Å². The minimum atomic E-state index is -0.656. The van der Waals surface area contributed by atoms with Crippen LogP contribution in [0.5, 0.6) is 0 Å². The molecule has 2 fully saturated rings. The molecule has 5 nitrogen and oxygen atoms in total. The summed E-state index contributed by atoms with van der Waals surface area (Å²) in [6.07, 6.45) is 4.27. The molecule has 1 unspecified atom stereocenters. The fourth-order valence-corrected chi connectivity index (χ4v) is 2.90. The van der Waals surface area contributed by atoms with Gasteiger partial charge in [0.25, 0.3) is 0 Å². The summed E-state index contributed by atoms with van der Waals surface area (Å²) in [5, 5.41) is 13.4. The Kier molecular flexibility index (Phi) is 4.59. The van der Waals surface area contributed by atoms with Crippen molar-refractivity contribution in [3.8, 4) is 0 Å². The number of hydrogen-bond acceptors (Lipinski definition) is 4. The molecule has 2 aliphatic heterocycles. The molecule has 1 atom stereocenters. The Bertz CT molecular complexity index is 284. The number of nitrogens with one attached hydrogen (secondary N) is 1. The maximum absolute atomic E-state index is 12.1. The van der Waals surface area contributed by atoms with E-state index in [0.29, 0.717) is 19.6 Å². The summed E-state index contributed by atoms with van der Waals surface area (Å²) < 4.78 is 0. The molecular formula is C13H25N3O2. The predicted molar refractivity (Wildman–Crippen MR) is 70.4 cm³/mol. The molecule has 0 aromatic carbocycles. The van der Waals surface area contributed by atoms with E-state index in [2.05, 4.69) is 5.32 Å². The molecule has 0 spiro atoms. The molecule has 2 rings (SSSR count). The van der Waals surface area contributed by atoms with E-state index in [-0.39, 0.29) is 5.91 Å². The first-order valence-electron chi connectivity index (χ1n) is 6.98. The molecule has 2 saturated heterocycles. The Labute approximate surface area is 109 Å². The van der Waals surface area contributed by atoms with E-state index < -0.39 is 5.60 Å². The molecule has 0 radical (unpaired) electrons. The lowest BCUT2D eigenvalue weighted by molar-refractivity contribution is -0.133. The highest BCUT2D eigenvalue weighted by molar-refractivity contribution is 5.78. The van der Waals surface area contributed by atoms with Gasteiger partial charge in [-0.3, -0.25) is 9.69 Å². The van der Waals surface area contributed by atoms with E-state index in [4.69, 9.17) is 0 Å². The second-order valence-electron chi connectivity index (χ2n) is 5.76. The quantitative estimate of drug-likeness (QED) is 0.721. The van der Waals surface area contributed by atoms with Crippen LogP contribution < -0.4 is 5.32 Å². The third-order valence-corrected chi connectivity index (χ3v) is 3.90. The number of hydrogen-bond donors (Lipinski definition) is 2. The summed E-state index contributed by atoms with van der Waals surface area (Å²) in [5.41, 5.74) is -0.656. The highest BCUT2D eigenvalue weighted by Gasteiger charge is 2.32. The van der Waals surface area contributed by atoms with Crippen molar-refractivity contribution in [2.75, 3.05) is 46.3 Å². The summed E-state index contributed by atoms with van der Waals surface area (Å²) in [7, 11) is 1.91. The van der Waals surface area contributed by atoms with E-state index >= 15 is 0 Å². The van der Waals surface area contributed by atoms with Crippen molar-refractivity contribution in [3.63, 3.8) is 0 Å². The monoisotopic (exact) mass is 255 g/mol. The first-order valence-corrected chi connectivity index (χ1v) is 6.98. The number of β-amino-alcohol motifs (C(OH)–C–C–N with tert-alkyl or cyclic N) is 1. The highest BCUT2D eigenvalue weighted by atomic mass is 16.3. The molecule has 2 aliphatic rings. The van der Waals surface area contributed by atoms with Crippen LogP contribution in [0.4, 0.5) is 0 Å². The molecule has 18 heavy (non-hydrogen) atoms. The summed E-state index contributed by atoms with van der Waals surface area (Å²) in [6, 6.07) is 0. The Morgan fingerprint density at radius 3 is 2.72 bits per heavy atom. The van der Waals surface area contributed by atoms with Gasteiger partial charge in [0.05, 0.1) is 12.1 Å². The van der Waals surface area contributed by atoms with Crippen molar-refractivity contribution < 1.29 is 9.90 Å². The highest BCUT2D eigenvalue weighted by Crippen LogP contribution is 2.15. The third-order valence-electron chi connectivity index (χ3n) is 3.90. The molecule has 2 heterocycles. The minimum Gasteiger partial charge on any atom is -0.387 e. The molecular weight excluding hydrogens is 230 g/mol. The number of likely N-dealkylation sites (tertiary alicyclic amines) is 1. The van der Waals surface area contributed by atoms with Gasteiger partial charge in [-0.2, -0.15) is 0 Å². The fraction of sp³-hybridized carbons (Fsp3) is 0.923. The molecule has 0 aliphatic carbocycles. The van der Waals surface area contributed by atoms with Gasteiger partial charge in [-0.1, -0.05) is 0 Å². The van der Waals surface area contributed by atoms with Crippen molar-refractivity contribution in [1.82, 2.24) is 15.1 Å². The molecule has 104 valence electrons. The zero-order valence-corrected chi connectivity index (χ0v) is 11.3. The number of amides is 1. The number of nitrogens with zero attached hydrogens (tertiary/aromatic N) is 2. The van der Waals surface area contributed by atoms with Crippen LogP contribution in [0.1, 0.15) is 25.7 Å².